The van der Waals surface area contributed by atoms with Crippen LogP contribution in [0, 0.1) is 0 Å². The minimum absolute atomic E-state index is 0.369. The Kier molecular flexibility index (Phi) is 10.8. The molecule has 0 radical (unpaired) electrons. The van der Waals surface area contributed by atoms with Crippen LogP contribution < -0.4 is 0 Å². The van der Waals surface area contributed by atoms with E-state index in [1.54, 1.807) is 0 Å². The van der Waals surface area contributed by atoms with Gasteiger partial charge in [-0.05, 0) is 0 Å². The number of benzene rings is 2. The number of rotatable bonds is 9. The molecule has 33 heavy (non-hydrogen) atoms. The summed E-state index contributed by atoms with van der Waals surface area (Å²) in [4.78, 5) is 11.0. The van der Waals surface area contributed by atoms with Gasteiger partial charge < -0.3 is 0 Å². The Balaban J connectivity index is 2.77. The van der Waals surface area contributed by atoms with Crippen molar-refractivity contribution in [1.29, 1.82) is 0 Å². The second kappa shape index (κ2) is 12.6. The normalized spacial score (nSPS) is 13.6. The third-order valence-electron chi connectivity index (χ3n) is 5.82. The van der Waals surface area contributed by atoms with Crippen LogP contribution >= 0.6 is 19.1 Å². The summed E-state index contributed by atoms with van der Waals surface area (Å²) in [5, 5.41) is 0. The predicted octanol–water partition coefficient (Wildman–Crippen LogP) is 10.4. The summed E-state index contributed by atoms with van der Waals surface area (Å²) in [5.41, 5.74) is 8.91. The van der Waals surface area contributed by atoms with Crippen molar-refractivity contribution in [3.8, 4) is 0 Å². The van der Waals surface area contributed by atoms with E-state index in [4.69, 9.17) is 29.0 Å². The van der Waals surface area contributed by atoms with Gasteiger partial charge in [0.2, 0.25) is 0 Å². The summed E-state index contributed by atoms with van der Waals surface area (Å²) in [7, 11) is 12.8. The van der Waals surface area contributed by atoms with Crippen LogP contribution in [0.5, 0.6) is 0 Å². The van der Waals surface area contributed by atoms with Crippen LogP contribution in [-0.4, -0.2) is 11.4 Å². The van der Waals surface area contributed by atoms with Crippen LogP contribution in [0.1, 0.15) is 108 Å². The summed E-state index contributed by atoms with van der Waals surface area (Å²) in [6.07, 6.45) is 0. The Morgan fingerprint density at radius 1 is 0.667 bits per heavy atom. The van der Waals surface area contributed by atoms with Gasteiger partial charge in [-0.2, -0.15) is 0 Å². The number of hydrogen-bond acceptors (Lipinski definition) is 2. The molecule has 0 amide bonds. The fourth-order valence-corrected chi connectivity index (χ4v) is 5.78. The second-order valence-electron chi connectivity index (χ2n) is 9.77. The molecule has 0 aliphatic rings. The summed E-state index contributed by atoms with van der Waals surface area (Å²) >= 11 is -1.72. The van der Waals surface area contributed by atoms with E-state index in [1.807, 2.05) is 6.92 Å². The van der Waals surface area contributed by atoms with Crippen molar-refractivity contribution in [2.24, 2.45) is 9.98 Å². The van der Waals surface area contributed by atoms with Crippen LogP contribution in [0.25, 0.3) is 0 Å². The van der Waals surface area contributed by atoms with Gasteiger partial charge >= 0.3 is 216 Å². The summed E-state index contributed by atoms with van der Waals surface area (Å²) in [6, 6.07) is 13.0. The minimum atomic E-state index is -1.72. The van der Waals surface area contributed by atoms with E-state index >= 15 is 0 Å². The van der Waals surface area contributed by atoms with Crippen LogP contribution in [0.3, 0.4) is 0 Å². The summed E-state index contributed by atoms with van der Waals surface area (Å²) in [5.74, 6) is 1.50. The second-order valence-corrected chi connectivity index (χ2v) is 15.5. The zero-order valence-electron chi connectivity index (χ0n) is 21.4. The topological polar surface area (TPSA) is 24.7 Å². The Hall–Kier alpha value is -0.978. The first-order chi connectivity index (χ1) is 15.4. The SMILES string of the molecule is CC(=Nc1c(C(C)C)cccc1C(C)C)C([CH2][Pd]([Cl])[Cl])=Nc1c(C(C)C)cccc1C(C)C. The molecule has 2 rings (SSSR count). The third-order valence-corrected chi connectivity index (χ3v) is 7.76. The van der Waals surface area contributed by atoms with Gasteiger partial charge in [0.25, 0.3) is 0 Å². The number of aliphatic imine (C=N–C) groups is 2. The molecule has 0 N–H and O–H groups in total. The molecule has 0 bridgehead atoms. The first-order valence-electron chi connectivity index (χ1n) is 11.7. The maximum absolute atomic E-state index is 6.40. The van der Waals surface area contributed by atoms with E-state index < -0.39 is 14.7 Å². The molecule has 0 saturated heterocycles. The van der Waals surface area contributed by atoms with Gasteiger partial charge in [-0.15, -0.1) is 0 Å². The Morgan fingerprint density at radius 3 is 1.30 bits per heavy atom. The van der Waals surface area contributed by atoms with Crippen molar-refractivity contribution in [2.75, 3.05) is 0 Å². The van der Waals surface area contributed by atoms with Gasteiger partial charge in [0.15, 0.2) is 0 Å². The molecule has 0 aliphatic heterocycles. The zero-order valence-corrected chi connectivity index (χ0v) is 24.5. The quantitative estimate of drug-likeness (QED) is 0.208. The summed E-state index contributed by atoms with van der Waals surface area (Å²) in [6.45, 7) is 19.8. The molecule has 0 heterocycles. The van der Waals surface area contributed by atoms with E-state index in [1.165, 1.54) is 22.3 Å². The van der Waals surface area contributed by atoms with Crippen molar-refractivity contribution in [3.63, 3.8) is 0 Å². The fourth-order valence-electron chi connectivity index (χ4n) is 3.92. The monoisotopic (exact) mass is 579 g/mol. The van der Waals surface area contributed by atoms with Crippen LogP contribution in [0.15, 0.2) is 46.4 Å². The van der Waals surface area contributed by atoms with Crippen molar-refractivity contribution >= 4 is 41.9 Å². The summed E-state index contributed by atoms with van der Waals surface area (Å²) < 4.78 is 0. The first kappa shape index (κ1) is 28.3. The molecule has 0 aliphatic carbocycles. The van der Waals surface area contributed by atoms with E-state index in [9.17, 15) is 0 Å². The number of halogens is 2. The Bertz CT molecular complexity index is 952. The van der Waals surface area contributed by atoms with E-state index in [0.29, 0.717) is 28.6 Å². The van der Waals surface area contributed by atoms with Gasteiger partial charge in [-0.1, -0.05) is 0 Å². The average molecular weight is 581 g/mol. The number of hydrogen-bond donors (Lipinski definition) is 0. The van der Waals surface area contributed by atoms with E-state index in [-0.39, 0.29) is 0 Å². The first-order valence-corrected chi connectivity index (χ1v) is 16.8. The van der Waals surface area contributed by atoms with Gasteiger partial charge in [0, 0.05) is 0 Å². The fraction of sp³-hybridized carbons (Fsp3) is 0.500. The zero-order chi connectivity index (χ0) is 24.9. The molecule has 0 fully saturated rings. The molecule has 185 valence electrons. The van der Waals surface area contributed by atoms with Crippen LogP contribution in [0.2, 0.25) is 4.89 Å². The Labute approximate surface area is 215 Å². The molecule has 0 atom stereocenters. The molecule has 0 saturated carbocycles. The van der Waals surface area contributed by atoms with Crippen molar-refractivity contribution < 1.29 is 14.7 Å². The molecule has 0 aromatic heterocycles. The van der Waals surface area contributed by atoms with Crippen LogP contribution in [-0.2, 0) is 14.7 Å². The molecular formula is C28H39Cl2N2Pd. The standard InChI is InChI=1S/C28H39N2.2ClH.Pd/c1-17(2)23-13-11-14-24(18(3)4)27(23)29-21(9)22(10)30-28-25(19(5)6)15-12-16-26(28)20(7)8;;;/h11-20H,9H2,1-8,10H3;2*1H;/q;;;+2/p-2. The van der Waals surface area contributed by atoms with Crippen molar-refractivity contribution in [1.82, 2.24) is 0 Å². The van der Waals surface area contributed by atoms with Gasteiger partial charge in [-0.25, -0.2) is 0 Å². The molecule has 2 nitrogen and oxygen atoms in total. The molecule has 0 unspecified atom stereocenters. The van der Waals surface area contributed by atoms with Crippen LogP contribution in [0.4, 0.5) is 11.4 Å². The van der Waals surface area contributed by atoms with Gasteiger partial charge in [0.05, 0.1) is 0 Å². The van der Waals surface area contributed by atoms with Gasteiger partial charge in [0.1, 0.15) is 0 Å². The maximum atomic E-state index is 6.40. The number of para-hydroxylation sites is 2. The molecular weight excluding hydrogens is 542 g/mol. The molecule has 2 aromatic rings. The third kappa shape index (κ3) is 7.50. The molecule has 2 aromatic carbocycles. The predicted molar refractivity (Wildman–Crippen MR) is 146 cm³/mol. The number of nitrogens with zero attached hydrogens (tertiary/aromatic N) is 2. The van der Waals surface area contributed by atoms with Crippen molar-refractivity contribution in [3.05, 3.63) is 58.7 Å². The Morgan fingerprint density at radius 2 is 1.00 bits per heavy atom. The van der Waals surface area contributed by atoms with E-state index in [0.717, 1.165) is 22.8 Å². The molecule has 5 heteroatoms. The van der Waals surface area contributed by atoms with E-state index in [2.05, 4.69) is 91.8 Å². The average Bonchev–Trinajstić information content (AvgIpc) is 2.72. The van der Waals surface area contributed by atoms with Crippen molar-refractivity contribution in [2.45, 2.75) is 90.9 Å². The van der Waals surface area contributed by atoms with Gasteiger partial charge in [-0.3, -0.25) is 0 Å². The molecule has 0 spiro atoms.